The van der Waals surface area contributed by atoms with Crippen LogP contribution in [0.5, 0.6) is 0 Å². The van der Waals surface area contributed by atoms with Gasteiger partial charge in [0.2, 0.25) is 5.91 Å². The Labute approximate surface area is 128 Å². The molecule has 0 heterocycles. The molecule has 118 valence electrons. The molecular weight excluding hydrogens is 264 g/mol. The van der Waals surface area contributed by atoms with Crippen molar-refractivity contribution in [2.24, 2.45) is 0 Å². The van der Waals surface area contributed by atoms with E-state index < -0.39 is 0 Å². The summed E-state index contributed by atoms with van der Waals surface area (Å²) >= 11 is 0. The van der Waals surface area contributed by atoms with Gasteiger partial charge in [-0.3, -0.25) is 9.69 Å². The quantitative estimate of drug-likeness (QED) is 0.738. The standard InChI is InChI=1S/C16H28N4O/c1-5-10-20(12-11-18(2)3)13-16(21)19(4)15-8-6-14(17)7-9-15/h6-9H,5,10-13,17H2,1-4H3. The van der Waals surface area contributed by atoms with E-state index in [4.69, 9.17) is 5.73 Å². The van der Waals surface area contributed by atoms with Gasteiger partial charge in [0.1, 0.15) is 0 Å². The average Bonchev–Trinajstić information content (AvgIpc) is 2.45. The van der Waals surface area contributed by atoms with E-state index in [1.54, 1.807) is 4.90 Å². The molecule has 0 aliphatic rings. The van der Waals surface area contributed by atoms with E-state index in [1.807, 2.05) is 45.4 Å². The molecule has 0 aliphatic heterocycles. The van der Waals surface area contributed by atoms with Crippen molar-refractivity contribution in [3.8, 4) is 0 Å². The lowest BCUT2D eigenvalue weighted by molar-refractivity contribution is -0.119. The highest BCUT2D eigenvalue weighted by atomic mass is 16.2. The van der Waals surface area contributed by atoms with E-state index in [2.05, 4.69) is 16.7 Å². The maximum Gasteiger partial charge on any atom is 0.240 e. The fourth-order valence-corrected chi connectivity index (χ4v) is 2.07. The molecule has 0 radical (unpaired) electrons. The highest BCUT2D eigenvalue weighted by Crippen LogP contribution is 2.15. The normalized spacial score (nSPS) is 11.1. The average molecular weight is 292 g/mol. The van der Waals surface area contributed by atoms with Crippen molar-refractivity contribution in [1.29, 1.82) is 0 Å². The van der Waals surface area contributed by atoms with Crippen LogP contribution in [-0.2, 0) is 4.79 Å². The summed E-state index contributed by atoms with van der Waals surface area (Å²) in [4.78, 5) is 18.4. The van der Waals surface area contributed by atoms with Crippen molar-refractivity contribution in [3.63, 3.8) is 0 Å². The molecule has 5 nitrogen and oxygen atoms in total. The summed E-state index contributed by atoms with van der Waals surface area (Å²) in [5, 5.41) is 0. The van der Waals surface area contributed by atoms with Gasteiger partial charge in [-0.1, -0.05) is 6.92 Å². The van der Waals surface area contributed by atoms with Crippen molar-refractivity contribution in [3.05, 3.63) is 24.3 Å². The van der Waals surface area contributed by atoms with Gasteiger partial charge in [0.25, 0.3) is 0 Å². The first-order valence-corrected chi connectivity index (χ1v) is 7.43. The zero-order valence-corrected chi connectivity index (χ0v) is 13.7. The highest BCUT2D eigenvalue weighted by molar-refractivity contribution is 5.94. The molecule has 1 aromatic carbocycles. The van der Waals surface area contributed by atoms with Gasteiger partial charge < -0.3 is 15.5 Å². The van der Waals surface area contributed by atoms with Crippen LogP contribution in [-0.4, -0.2) is 63.0 Å². The summed E-state index contributed by atoms with van der Waals surface area (Å²) in [6.45, 7) is 5.38. The van der Waals surface area contributed by atoms with Gasteiger partial charge in [0.15, 0.2) is 0 Å². The molecule has 0 atom stereocenters. The molecule has 1 amide bonds. The molecule has 0 spiro atoms. The van der Waals surface area contributed by atoms with Gasteiger partial charge in [-0.15, -0.1) is 0 Å². The summed E-state index contributed by atoms with van der Waals surface area (Å²) in [5.74, 6) is 0.104. The predicted molar refractivity (Wildman–Crippen MR) is 89.5 cm³/mol. The zero-order chi connectivity index (χ0) is 15.8. The lowest BCUT2D eigenvalue weighted by atomic mass is 10.2. The Balaban J connectivity index is 2.60. The summed E-state index contributed by atoms with van der Waals surface area (Å²) in [7, 11) is 5.91. The largest absolute Gasteiger partial charge is 0.399 e. The number of anilines is 2. The fraction of sp³-hybridized carbons (Fsp3) is 0.562. The number of nitrogens with two attached hydrogens (primary N) is 1. The van der Waals surface area contributed by atoms with Crippen molar-refractivity contribution >= 4 is 17.3 Å². The van der Waals surface area contributed by atoms with E-state index in [1.165, 1.54) is 0 Å². The maximum atomic E-state index is 12.4. The van der Waals surface area contributed by atoms with Crippen LogP contribution >= 0.6 is 0 Å². The monoisotopic (exact) mass is 292 g/mol. The second kappa shape index (κ2) is 8.64. The van der Waals surface area contributed by atoms with Crippen LogP contribution in [0.4, 0.5) is 11.4 Å². The van der Waals surface area contributed by atoms with Crippen LogP contribution < -0.4 is 10.6 Å². The molecular formula is C16H28N4O. The third kappa shape index (κ3) is 6.14. The minimum absolute atomic E-state index is 0.104. The first-order chi connectivity index (χ1) is 9.93. The number of hydrogen-bond donors (Lipinski definition) is 1. The number of hydrogen-bond acceptors (Lipinski definition) is 4. The number of nitrogens with zero attached hydrogens (tertiary/aromatic N) is 3. The molecule has 1 rings (SSSR count). The van der Waals surface area contributed by atoms with Gasteiger partial charge in [-0.2, -0.15) is 0 Å². The van der Waals surface area contributed by atoms with Gasteiger partial charge in [-0.25, -0.2) is 0 Å². The molecule has 0 saturated heterocycles. The Morgan fingerprint density at radius 3 is 2.19 bits per heavy atom. The Kier molecular flexibility index (Phi) is 7.19. The lowest BCUT2D eigenvalue weighted by Gasteiger charge is -2.26. The SMILES string of the molecule is CCCN(CCN(C)C)CC(=O)N(C)c1ccc(N)cc1. The number of carbonyl (C=O) groups excluding carboxylic acids is 1. The van der Waals surface area contributed by atoms with E-state index in [0.717, 1.165) is 31.7 Å². The molecule has 5 heteroatoms. The summed E-state index contributed by atoms with van der Waals surface area (Å²) in [6, 6.07) is 7.37. The summed E-state index contributed by atoms with van der Waals surface area (Å²) in [6.07, 6.45) is 1.05. The van der Waals surface area contributed by atoms with Crippen molar-refractivity contribution in [1.82, 2.24) is 9.80 Å². The Hall–Kier alpha value is -1.59. The molecule has 0 bridgehead atoms. The first-order valence-electron chi connectivity index (χ1n) is 7.43. The maximum absolute atomic E-state index is 12.4. The number of rotatable bonds is 8. The molecule has 0 fully saturated rings. The summed E-state index contributed by atoms with van der Waals surface area (Å²) in [5.41, 5.74) is 7.25. The molecule has 0 saturated carbocycles. The van der Waals surface area contributed by atoms with Gasteiger partial charge in [0.05, 0.1) is 6.54 Å². The van der Waals surface area contributed by atoms with Crippen LogP contribution in [0.15, 0.2) is 24.3 Å². The predicted octanol–water partition coefficient (Wildman–Crippen LogP) is 1.51. The highest BCUT2D eigenvalue weighted by Gasteiger charge is 2.15. The second-order valence-corrected chi connectivity index (χ2v) is 5.62. The third-order valence-electron chi connectivity index (χ3n) is 3.42. The van der Waals surface area contributed by atoms with E-state index in [0.29, 0.717) is 12.2 Å². The van der Waals surface area contributed by atoms with Gasteiger partial charge >= 0.3 is 0 Å². The molecule has 0 aromatic heterocycles. The van der Waals surface area contributed by atoms with Gasteiger partial charge in [0, 0.05) is 31.5 Å². The Morgan fingerprint density at radius 1 is 1.05 bits per heavy atom. The Morgan fingerprint density at radius 2 is 1.67 bits per heavy atom. The minimum atomic E-state index is 0.104. The van der Waals surface area contributed by atoms with E-state index >= 15 is 0 Å². The number of amides is 1. The summed E-state index contributed by atoms with van der Waals surface area (Å²) < 4.78 is 0. The molecule has 1 aromatic rings. The van der Waals surface area contributed by atoms with E-state index in [-0.39, 0.29) is 5.91 Å². The molecule has 0 aliphatic carbocycles. The van der Waals surface area contributed by atoms with Crippen LogP contribution in [0.3, 0.4) is 0 Å². The lowest BCUT2D eigenvalue weighted by Crippen LogP contribution is -2.41. The third-order valence-corrected chi connectivity index (χ3v) is 3.42. The Bertz CT molecular complexity index is 430. The molecule has 21 heavy (non-hydrogen) atoms. The minimum Gasteiger partial charge on any atom is -0.399 e. The van der Waals surface area contributed by atoms with Crippen LogP contribution in [0.1, 0.15) is 13.3 Å². The first kappa shape index (κ1) is 17.5. The number of nitrogen functional groups attached to an aromatic ring is 1. The molecule has 2 N–H and O–H groups in total. The second-order valence-electron chi connectivity index (χ2n) is 5.62. The van der Waals surface area contributed by atoms with Crippen LogP contribution in [0.25, 0.3) is 0 Å². The van der Waals surface area contributed by atoms with Crippen molar-refractivity contribution in [2.45, 2.75) is 13.3 Å². The van der Waals surface area contributed by atoms with Crippen LogP contribution in [0, 0.1) is 0 Å². The number of likely N-dealkylation sites (N-methyl/N-ethyl adjacent to an activating group) is 2. The fourth-order valence-electron chi connectivity index (χ4n) is 2.07. The zero-order valence-electron chi connectivity index (χ0n) is 13.7. The number of carbonyl (C=O) groups is 1. The van der Waals surface area contributed by atoms with E-state index in [9.17, 15) is 4.79 Å². The molecule has 0 unspecified atom stereocenters. The topological polar surface area (TPSA) is 52.8 Å². The van der Waals surface area contributed by atoms with Crippen LogP contribution in [0.2, 0.25) is 0 Å². The van der Waals surface area contributed by atoms with Crippen molar-refractivity contribution < 1.29 is 4.79 Å². The smallest absolute Gasteiger partial charge is 0.240 e. The van der Waals surface area contributed by atoms with Crippen molar-refractivity contribution in [2.75, 3.05) is 58.0 Å². The van der Waals surface area contributed by atoms with Gasteiger partial charge in [-0.05, 0) is 51.3 Å². The number of benzene rings is 1.